The van der Waals surface area contributed by atoms with E-state index >= 15 is 0 Å². The molecule has 19 heavy (non-hydrogen) atoms. The largest absolute Gasteiger partial charge is 0.382 e. The van der Waals surface area contributed by atoms with Crippen LogP contribution in [0.1, 0.15) is 62.5 Å². The van der Waals surface area contributed by atoms with Crippen molar-refractivity contribution in [3.05, 3.63) is 29.3 Å². The van der Waals surface area contributed by atoms with Crippen LogP contribution in [0.2, 0.25) is 0 Å². The van der Waals surface area contributed by atoms with Crippen molar-refractivity contribution in [3.8, 4) is 0 Å². The van der Waals surface area contributed by atoms with E-state index in [0.29, 0.717) is 6.04 Å². The minimum atomic E-state index is 0.701. The number of aryl methyl sites for hydroxylation is 2. The van der Waals surface area contributed by atoms with E-state index in [1.54, 1.807) is 0 Å². The third-order valence-electron chi connectivity index (χ3n) is 5.46. The van der Waals surface area contributed by atoms with Crippen molar-refractivity contribution < 1.29 is 0 Å². The molecule has 0 bridgehead atoms. The standard InChI is InChI=1S/C18H27N/c1-14-5-6-15(2)17(13-14)19-16-7-11-18(12-8-16)9-3-4-10-18/h5-6,13,16,19H,3-4,7-12H2,1-2H3. The zero-order chi connectivity index (χ0) is 13.3. The molecule has 3 rings (SSSR count). The van der Waals surface area contributed by atoms with Gasteiger partial charge in [-0.1, -0.05) is 25.0 Å². The second-order valence-electron chi connectivity index (χ2n) is 6.94. The number of hydrogen-bond acceptors (Lipinski definition) is 1. The molecule has 0 saturated heterocycles. The third kappa shape index (κ3) is 2.80. The van der Waals surface area contributed by atoms with Crippen LogP contribution < -0.4 is 5.32 Å². The first-order valence-corrected chi connectivity index (χ1v) is 8.01. The number of nitrogens with one attached hydrogen (secondary N) is 1. The van der Waals surface area contributed by atoms with Crippen molar-refractivity contribution in [2.75, 3.05) is 5.32 Å². The predicted octanol–water partition coefficient (Wildman–Crippen LogP) is 5.22. The summed E-state index contributed by atoms with van der Waals surface area (Å²) in [5.74, 6) is 0. The smallest absolute Gasteiger partial charge is 0.0374 e. The van der Waals surface area contributed by atoms with Gasteiger partial charge in [0, 0.05) is 11.7 Å². The van der Waals surface area contributed by atoms with Crippen LogP contribution in [0.15, 0.2) is 18.2 Å². The quantitative estimate of drug-likeness (QED) is 0.766. The molecule has 0 aromatic heterocycles. The lowest BCUT2D eigenvalue weighted by atomic mass is 9.71. The summed E-state index contributed by atoms with van der Waals surface area (Å²) in [5.41, 5.74) is 4.84. The van der Waals surface area contributed by atoms with Crippen LogP contribution in [0, 0.1) is 19.3 Å². The molecule has 104 valence electrons. The Kier molecular flexibility index (Phi) is 3.56. The predicted molar refractivity (Wildman–Crippen MR) is 82.7 cm³/mol. The van der Waals surface area contributed by atoms with Crippen LogP contribution in [-0.2, 0) is 0 Å². The van der Waals surface area contributed by atoms with E-state index in [1.165, 1.54) is 68.2 Å². The summed E-state index contributed by atoms with van der Waals surface area (Å²) >= 11 is 0. The highest BCUT2D eigenvalue weighted by Crippen LogP contribution is 2.49. The SMILES string of the molecule is Cc1ccc(C)c(NC2CCC3(CCCC3)CC2)c1. The van der Waals surface area contributed by atoms with E-state index < -0.39 is 0 Å². The molecule has 1 heteroatoms. The molecule has 2 saturated carbocycles. The molecular weight excluding hydrogens is 230 g/mol. The van der Waals surface area contributed by atoms with Gasteiger partial charge in [-0.25, -0.2) is 0 Å². The van der Waals surface area contributed by atoms with Gasteiger partial charge < -0.3 is 5.32 Å². The van der Waals surface area contributed by atoms with Crippen LogP contribution in [0.5, 0.6) is 0 Å². The van der Waals surface area contributed by atoms with Crippen molar-refractivity contribution in [3.63, 3.8) is 0 Å². The van der Waals surface area contributed by atoms with Crippen molar-refractivity contribution >= 4 is 5.69 Å². The Labute approximate surface area is 117 Å². The maximum atomic E-state index is 3.80. The third-order valence-corrected chi connectivity index (χ3v) is 5.46. The molecule has 2 aliphatic rings. The van der Waals surface area contributed by atoms with Gasteiger partial charge in [-0.3, -0.25) is 0 Å². The summed E-state index contributed by atoms with van der Waals surface area (Å²) in [4.78, 5) is 0. The van der Waals surface area contributed by atoms with Crippen LogP contribution in [-0.4, -0.2) is 6.04 Å². The minimum Gasteiger partial charge on any atom is -0.382 e. The lowest BCUT2D eigenvalue weighted by Gasteiger charge is -2.38. The van der Waals surface area contributed by atoms with Crippen LogP contribution in [0.25, 0.3) is 0 Å². The lowest BCUT2D eigenvalue weighted by molar-refractivity contribution is 0.188. The molecular formula is C18H27N. The van der Waals surface area contributed by atoms with E-state index in [2.05, 4.69) is 37.4 Å². The molecule has 1 N–H and O–H groups in total. The van der Waals surface area contributed by atoms with Crippen LogP contribution >= 0.6 is 0 Å². The van der Waals surface area contributed by atoms with E-state index in [-0.39, 0.29) is 0 Å². The molecule has 0 atom stereocenters. The summed E-state index contributed by atoms with van der Waals surface area (Å²) in [6, 6.07) is 7.44. The average molecular weight is 257 g/mol. The Hall–Kier alpha value is -0.980. The molecule has 1 spiro atoms. The first kappa shape index (κ1) is 13.0. The molecule has 2 aliphatic carbocycles. The molecule has 2 fully saturated rings. The van der Waals surface area contributed by atoms with Gasteiger partial charge >= 0.3 is 0 Å². The fourth-order valence-corrected chi connectivity index (χ4v) is 4.11. The highest BCUT2D eigenvalue weighted by atomic mass is 14.9. The Balaban J connectivity index is 1.61. The summed E-state index contributed by atoms with van der Waals surface area (Å²) in [6.07, 6.45) is 11.6. The maximum absolute atomic E-state index is 3.80. The zero-order valence-electron chi connectivity index (χ0n) is 12.5. The van der Waals surface area contributed by atoms with E-state index in [0.717, 1.165) is 5.41 Å². The van der Waals surface area contributed by atoms with Gasteiger partial charge in [0.2, 0.25) is 0 Å². The molecule has 0 unspecified atom stereocenters. The van der Waals surface area contributed by atoms with Crippen molar-refractivity contribution in [2.24, 2.45) is 5.41 Å². The Bertz CT molecular complexity index is 433. The molecule has 0 aliphatic heterocycles. The summed E-state index contributed by atoms with van der Waals surface area (Å²) < 4.78 is 0. The fourth-order valence-electron chi connectivity index (χ4n) is 4.11. The molecule has 1 nitrogen and oxygen atoms in total. The Morgan fingerprint density at radius 1 is 1.00 bits per heavy atom. The normalized spacial score (nSPS) is 22.8. The fraction of sp³-hybridized carbons (Fsp3) is 0.667. The van der Waals surface area contributed by atoms with Crippen LogP contribution in [0.4, 0.5) is 5.69 Å². The monoisotopic (exact) mass is 257 g/mol. The van der Waals surface area contributed by atoms with Crippen molar-refractivity contribution in [2.45, 2.75) is 71.3 Å². The van der Waals surface area contributed by atoms with Gasteiger partial charge in [-0.2, -0.15) is 0 Å². The molecule has 0 heterocycles. The highest BCUT2D eigenvalue weighted by molar-refractivity contribution is 5.53. The maximum Gasteiger partial charge on any atom is 0.0374 e. The minimum absolute atomic E-state index is 0.701. The lowest BCUT2D eigenvalue weighted by Crippen LogP contribution is -2.31. The summed E-state index contributed by atoms with van der Waals surface area (Å²) in [5, 5.41) is 3.80. The zero-order valence-corrected chi connectivity index (χ0v) is 12.5. The van der Waals surface area contributed by atoms with Gasteiger partial charge in [0.25, 0.3) is 0 Å². The summed E-state index contributed by atoms with van der Waals surface area (Å²) in [6.45, 7) is 4.39. The topological polar surface area (TPSA) is 12.0 Å². The van der Waals surface area contributed by atoms with Gasteiger partial charge in [0.1, 0.15) is 0 Å². The number of rotatable bonds is 2. The molecule has 1 aromatic carbocycles. The summed E-state index contributed by atoms with van der Waals surface area (Å²) in [7, 11) is 0. The Morgan fingerprint density at radius 2 is 1.68 bits per heavy atom. The first-order chi connectivity index (χ1) is 9.17. The van der Waals surface area contributed by atoms with Gasteiger partial charge in [0.15, 0.2) is 0 Å². The second-order valence-corrected chi connectivity index (χ2v) is 6.94. The van der Waals surface area contributed by atoms with E-state index in [9.17, 15) is 0 Å². The second kappa shape index (κ2) is 5.19. The van der Waals surface area contributed by atoms with Gasteiger partial charge in [-0.05, 0) is 75.0 Å². The van der Waals surface area contributed by atoms with Crippen molar-refractivity contribution in [1.82, 2.24) is 0 Å². The molecule has 1 aromatic rings. The number of benzene rings is 1. The number of hydrogen-bond donors (Lipinski definition) is 1. The Morgan fingerprint density at radius 3 is 2.37 bits per heavy atom. The van der Waals surface area contributed by atoms with Gasteiger partial charge in [-0.15, -0.1) is 0 Å². The highest BCUT2D eigenvalue weighted by Gasteiger charge is 2.37. The number of anilines is 1. The van der Waals surface area contributed by atoms with E-state index in [4.69, 9.17) is 0 Å². The van der Waals surface area contributed by atoms with E-state index in [1.807, 2.05) is 0 Å². The molecule has 0 amide bonds. The van der Waals surface area contributed by atoms with Gasteiger partial charge in [0.05, 0.1) is 0 Å². The average Bonchev–Trinajstić information content (AvgIpc) is 2.85. The first-order valence-electron chi connectivity index (χ1n) is 8.01. The van der Waals surface area contributed by atoms with Crippen LogP contribution in [0.3, 0.4) is 0 Å². The van der Waals surface area contributed by atoms with Crippen molar-refractivity contribution in [1.29, 1.82) is 0 Å². The molecule has 0 radical (unpaired) electrons.